The fraction of sp³-hybridized carbons (Fsp3) is 0.571. The van der Waals surface area contributed by atoms with Gasteiger partial charge in [-0.2, -0.15) is 10.4 Å². The van der Waals surface area contributed by atoms with E-state index in [1.54, 1.807) is 4.52 Å². The van der Waals surface area contributed by atoms with Crippen LogP contribution in [0.2, 0.25) is 0 Å². The zero-order valence-electron chi connectivity index (χ0n) is 17.1. The van der Waals surface area contributed by atoms with E-state index in [4.69, 9.17) is 0 Å². The van der Waals surface area contributed by atoms with Crippen LogP contribution in [-0.2, 0) is 16.0 Å². The van der Waals surface area contributed by atoms with Gasteiger partial charge < -0.3 is 10.6 Å². The van der Waals surface area contributed by atoms with Crippen LogP contribution in [0, 0.1) is 31.1 Å². The number of nitriles is 1. The second-order valence-electron chi connectivity index (χ2n) is 7.68. The van der Waals surface area contributed by atoms with Gasteiger partial charge in [-0.05, 0) is 45.6 Å². The Morgan fingerprint density at radius 2 is 2.00 bits per heavy atom. The topological polar surface area (TPSA) is 112 Å². The molecule has 1 aliphatic carbocycles. The van der Waals surface area contributed by atoms with Gasteiger partial charge in [0.2, 0.25) is 11.8 Å². The monoisotopic (exact) mass is 396 g/mol. The van der Waals surface area contributed by atoms with Gasteiger partial charge >= 0.3 is 0 Å². The zero-order valence-corrected chi connectivity index (χ0v) is 17.1. The van der Waals surface area contributed by atoms with Crippen LogP contribution >= 0.6 is 0 Å². The molecule has 3 rings (SSSR count). The summed E-state index contributed by atoms with van der Waals surface area (Å²) in [6.07, 6.45) is 5.70. The molecule has 0 saturated heterocycles. The number of carbonyl (C=O) groups excluding carboxylic acids is 2. The third-order valence-electron chi connectivity index (χ3n) is 5.37. The van der Waals surface area contributed by atoms with Gasteiger partial charge in [-0.1, -0.05) is 12.8 Å². The van der Waals surface area contributed by atoms with E-state index in [9.17, 15) is 14.9 Å². The van der Waals surface area contributed by atoms with Crippen molar-refractivity contribution in [3.63, 3.8) is 0 Å². The Bertz CT molecular complexity index is 937. The zero-order chi connectivity index (χ0) is 20.8. The molecule has 0 aliphatic heterocycles. The first-order valence-corrected chi connectivity index (χ1v) is 10.3. The van der Waals surface area contributed by atoms with Crippen LogP contribution in [0.3, 0.4) is 0 Å². The van der Waals surface area contributed by atoms with E-state index < -0.39 is 0 Å². The number of fused-ring (bicyclic) bond motifs is 1. The first-order valence-electron chi connectivity index (χ1n) is 10.3. The van der Waals surface area contributed by atoms with Gasteiger partial charge in [-0.25, -0.2) is 9.50 Å². The fourth-order valence-electron chi connectivity index (χ4n) is 3.86. The van der Waals surface area contributed by atoms with E-state index in [0.717, 1.165) is 37.1 Å². The molecule has 0 radical (unpaired) electrons. The van der Waals surface area contributed by atoms with Crippen molar-refractivity contribution < 1.29 is 9.59 Å². The summed E-state index contributed by atoms with van der Waals surface area (Å²) in [5, 5.41) is 19.7. The average Bonchev–Trinajstić information content (AvgIpc) is 3.33. The summed E-state index contributed by atoms with van der Waals surface area (Å²) in [4.78, 5) is 28.3. The maximum Gasteiger partial charge on any atom is 0.223 e. The van der Waals surface area contributed by atoms with Gasteiger partial charge in [0.25, 0.3) is 0 Å². The Morgan fingerprint density at radius 1 is 1.24 bits per heavy atom. The molecule has 1 saturated carbocycles. The summed E-state index contributed by atoms with van der Waals surface area (Å²) < 4.78 is 1.70. The molecule has 8 heteroatoms. The predicted octanol–water partition coefficient (Wildman–Crippen LogP) is 1.96. The molecular formula is C21H28N6O2. The molecule has 29 heavy (non-hydrogen) atoms. The molecule has 0 bridgehead atoms. The smallest absolute Gasteiger partial charge is 0.223 e. The molecule has 1 aliphatic rings. The lowest BCUT2D eigenvalue weighted by molar-refractivity contribution is -0.125. The maximum atomic E-state index is 12.0. The molecule has 8 nitrogen and oxygen atoms in total. The van der Waals surface area contributed by atoms with Crippen molar-refractivity contribution in [2.24, 2.45) is 5.92 Å². The number of hydrogen-bond donors (Lipinski definition) is 2. The SMILES string of the molecule is Cc1cc(C)n2nc(CCCNC(=O)CCNC(=O)C3CCCC3)c(C#N)c2n1. The third-order valence-corrected chi connectivity index (χ3v) is 5.37. The Morgan fingerprint density at radius 3 is 2.72 bits per heavy atom. The summed E-state index contributed by atoms with van der Waals surface area (Å²) in [6, 6.07) is 4.14. The highest BCUT2D eigenvalue weighted by atomic mass is 16.2. The molecule has 2 heterocycles. The molecule has 154 valence electrons. The number of carbonyl (C=O) groups is 2. The van der Waals surface area contributed by atoms with Gasteiger partial charge in [0.1, 0.15) is 11.6 Å². The van der Waals surface area contributed by atoms with Crippen molar-refractivity contribution in [1.29, 1.82) is 5.26 Å². The van der Waals surface area contributed by atoms with Crippen molar-refractivity contribution in [1.82, 2.24) is 25.2 Å². The highest BCUT2D eigenvalue weighted by molar-refractivity contribution is 5.80. The molecule has 0 unspecified atom stereocenters. The number of amides is 2. The van der Waals surface area contributed by atoms with E-state index in [0.29, 0.717) is 42.8 Å². The number of rotatable bonds is 8. The van der Waals surface area contributed by atoms with Crippen molar-refractivity contribution in [2.75, 3.05) is 13.1 Å². The number of nitrogens with one attached hydrogen (secondary N) is 2. The van der Waals surface area contributed by atoms with Crippen molar-refractivity contribution in [2.45, 2.75) is 58.8 Å². The highest BCUT2D eigenvalue weighted by Gasteiger charge is 2.22. The quantitative estimate of drug-likeness (QED) is 0.663. The Balaban J connectivity index is 1.42. The second kappa shape index (κ2) is 9.50. The summed E-state index contributed by atoms with van der Waals surface area (Å²) in [5.41, 5.74) is 3.57. The van der Waals surface area contributed by atoms with Gasteiger partial charge in [-0.3, -0.25) is 9.59 Å². The summed E-state index contributed by atoms with van der Waals surface area (Å²) in [7, 11) is 0. The molecular weight excluding hydrogens is 368 g/mol. The van der Waals surface area contributed by atoms with Crippen LogP contribution in [0.1, 0.15) is 61.2 Å². The molecule has 1 fully saturated rings. The van der Waals surface area contributed by atoms with Crippen LogP contribution in [0.15, 0.2) is 6.07 Å². The largest absolute Gasteiger partial charge is 0.356 e. The lowest BCUT2D eigenvalue weighted by Gasteiger charge is -2.10. The first kappa shape index (κ1) is 20.8. The molecule has 0 spiro atoms. The lowest BCUT2D eigenvalue weighted by Crippen LogP contribution is -2.34. The molecule has 2 aromatic rings. The number of aryl methyl sites for hydroxylation is 3. The van der Waals surface area contributed by atoms with Crippen molar-refractivity contribution >= 4 is 17.5 Å². The van der Waals surface area contributed by atoms with Crippen LogP contribution < -0.4 is 10.6 Å². The number of aromatic nitrogens is 3. The maximum absolute atomic E-state index is 12.0. The van der Waals surface area contributed by atoms with E-state index >= 15 is 0 Å². The van der Waals surface area contributed by atoms with E-state index in [2.05, 4.69) is 26.8 Å². The minimum atomic E-state index is -0.0830. The van der Waals surface area contributed by atoms with Crippen molar-refractivity contribution in [3.05, 3.63) is 28.7 Å². The minimum Gasteiger partial charge on any atom is -0.356 e. The number of nitrogens with zero attached hydrogens (tertiary/aromatic N) is 4. The Labute approximate surface area is 170 Å². The standard InChI is InChI=1S/C21H28N6O2/c1-14-12-15(2)27-20(25-14)17(13-22)18(26-27)8-5-10-23-19(28)9-11-24-21(29)16-6-3-4-7-16/h12,16H,3-11H2,1-2H3,(H,23,28)(H,24,29). The molecule has 0 atom stereocenters. The van der Waals surface area contributed by atoms with Crippen LogP contribution in [0.4, 0.5) is 0 Å². The van der Waals surface area contributed by atoms with E-state index in [1.807, 2.05) is 19.9 Å². The normalized spacial score (nSPS) is 14.1. The van der Waals surface area contributed by atoms with E-state index in [-0.39, 0.29) is 24.2 Å². The summed E-state index contributed by atoms with van der Waals surface area (Å²) in [6.45, 7) is 4.70. The van der Waals surface area contributed by atoms with Gasteiger partial charge in [0.15, 0.2) is 5.65 Å². The first-order chi connectivity index (χ1) is 14.0. The lowest BCUT2D eigenvalue weighted by atomic mass is 10.1. The molecule has 0 aromatic carbocycles. The van der Waals surface area contributed by atoms with Crippen LogP contribution in [-0.4, -0.2) is 39.5 Å². The molecule has 2 aromatic heterocycles. The minimum absolute atomic E-state index is 0.0744. The molecule has 2 amide bonds. The highest BCUT2D eigenvalue weighted by Crippen LogP contribution is 2.24. The van der Waals surface area contributed by atoms with E-state index in [1.165, 1.54) is 0 Å². The van der Waals surface area contributed by atoms with Gasteiger partial charge in [0.05, 0.1) is 5.69 Å². The molecule has 2 N–H and O–H groups in total. The average molecular weight is 396 g/mol. The Kier molecular flexibility index (Phi) is 6.81. The fourth-order valence-corrected chi connectivity index (χ4v) is 3.86. The third kappa shape index (κ3) is 5.11. The van der Waals surface area contributed by atoms with Crippen LogP contribution in [0.5, 0.6) is 0 Å². The Hall–Kier alpha value is -2.95. The second-order valence-corrected chi connectivity index (χ2v) is 7.68. The van der Waals surface area contributed by atoms with Gasteiger partial charge in [-0.15, -0.1) is 0 Å². The predicted molar refractivity (Wildman–Crippen MR) is 108 cm³/mol. The van der Waals surface area contributed by atoms with Crippen LogP contribution in [0.25, 0.3) is 5.65 Å². The van der Waals surface area contributed by atoms with Crippen molar-refractivity contribution in [3.8, 4) is 6.07 Å². The van der Waals surface area contributed by atoms with Gasteiger partial charge in [0, 0.05) is 36.8 Å². The summed E-state index contributed by atoms with van der Waals surface area (Å²) >= 11 is 0. The number of hydrogen-bond acceptors (Lipinski definition) is 5. The summed E-state index contributed by atoms with van der Waals surface area (Å²) in [5.74, 6) is 0.116.